The van der Waals surface area contributed by atoms with Crippen LogP contribution in [0.5, 0.6) is 0 Å². The van der Waals surface area contributed by atoms with Gasteiger partial charge in [-0.1, -0.05) is 19.3 Å². The Morgan fingerprint density at radius 1 is 1.10 bits per heavy atom. The largest absolute Gasteiger partial charge is 0.481 e. The first kappa shape index (κ1) is 28.2. The molecule has 0 saturated heterocycles. The van der Waals surface area contributed by atoms with Crippen LogP contribution in [0.4, 0.5) is 18.9 Å². The van der Waals surface area contributed by atoms with E-state index in [0.29, 0.717) is 53.4 Å². The number of aliphatic carboxylic acids is 1. The Morgan fingerprint density at radius 3 is 2.35 bits per heavy atom. The van der Waals surface area contributed by atoms with Gasteiger partial charge in [-0.2, -0.15) is 13.2 Å². The average molecular weight is 560 g/mol. The maximum absolute atomic E-state index is 14.4. The lowest BCUT2D eigenvalue weighted by Gasteiger charge is -2.32. The highest BCUT2D eigenvalue weighted by molar-refractivity contribution is 6.08. The first-order valence-corrected chi connectivity index (χ1v) is 14.0. The molecule has 0 atom stereocenters. The number of fused-ring (bicyclic) bond motifs is 1. The minimum absolute atomic E-state index is 0.121. The van der Waals surface area contributed by atoms with Crippen LogP contribution in [0.1, 0.15) is 86.0 Å². The van der Waals surface area contributed by atoms with Crippen molar-refractivity contribution in [1.29, 1.82) is 0 Å². The van der Waals surface area contributed by atoms with Crippen LogP contribution in [0.15, 0.2) is 18.2 Å². The minimum atomic E-state index is -4.68. The molecule has 2 N–H and O–H groups in total. The Bertz CT molecular complexity index is 1370. The average Bonchev–Trinajstić information content (AvgIpc) is 3.27. The molecule has 0 bridgehead atoms. The number of hydrogen-bond acceptors (Lipinski definition) is 3. The maximum Gasteiger partial charge on any atom is 0.418 e. The SMILES string of the molecule is Cc1c(C(=O)N[C@H]2C[C@H](C(=O)O)C2)cc(-c2cc(C(F)(F)F)c3c(c2)C(C)(C)C(=O)N3C)n1CC1CCCCC1. The van der Waals surface area contributed by atoms with Crippen molar-refractivity contribution in [1.82, 2.24) is 9.88 Å². The van der Waals surface area contributed by atoms with Crippen molar-refractivity contribution in [2.24, 2.45) is 11.8 Å². The number of carboxylic acids is 1. The highest BCUT2D eigenvalue weighted by Crippen LogP contribution is 2.50. The van der Waals surface area contributed by atoms with Crippen LogP contribution in [-0.2, 0) is 27.7 Å². The van der Waals surface area contributed by atoms with Crippen molar-refractivity contribution in [3.8, 4) is 11.3 Å². The van der Waals surface area contributed by atoms with Gasteiger partial charge in [0, 0.05) is 31.0 Å². The molecule has 2 amide bonds. The van der Waals surface area contributed by atoms with Gasteiger partial charge in [-0.3, -0.25) is 14.4 Å². The number of alkyl halides is 3. The minimum Gasteiger partial charge on any atom is -0.481 e. The van der Waals surface area contributed by atoms with E-state index >= 15 is 0 Å². The molecule has 216 valence electrons. The van der Waals surface area contributed by atoms with E-state index in [-0.39, 0.29) is 17.6 Å². The highest BCUT2D eigenvalue weighted by atomic mass is 19.4. The molecule has 2 aromatic rings. The predicted octanol–water partition coefficient (Wildman–Crippen LogP) is 5.91. The van der Waals surface area contributed by atoms with E-state index in [1.54, 1.807) is 32.9 Å². The summed E-state index contributed by atoms with van der Waals surface area (Å²) in [7, 11) is 1.37. The molecule has 40 heavy (non-hydrogen) atoms. The van der Waals surface area contributed by atoms with E-state index in [9.17, 15) is 27.6 Å². The van der Waals surface area contributed by atoms with Gasteiger partial charge in [0.05, 0.1) is 28.1 Å². The Morgan fingerprint density at radius 2 is 1.75 bits per heavy atom. The molecule has 2 heterocycles. The number of amides is 2. The molecule has 5 rings (SSSR count). The number of likely N-dealkylation sites (N-methyl/N-ethyl adjacent to an activating group) is 1. The molecule has 0 radical (unpaired) electrons. The van der Waals surface area contributed by atoms with Gasteiger partial charge in [0.2, 0.25) is 5.91 Å². The van der Waals surface area contributed by atoms with Crippen molar-refractivity contribution in [3.63, 3.8) is 0 Å². The Labute approximate surface area is 231 Å². The van der Waals surface area contributed by atoms with Crippen LogP contribution in [0.3, 0.4) is 0 Å². The molecule has 0 spiro atoms. The molecule has 0 unspecified atom stereocenters. The third-order valence-electron chi connectivity index (χ3n) is 9.16. The highest BCUT2D eigenvalue weighted by Gasteiger charge is 2.48. The zero-order valence-electron chi connectivity index (χ0n) is 23.3. The van der Waals surface area contributed by atoms with Crippen LogP contribution in [0.25, 0.3) is 11.3 Å². The van der Waals surface area contributed by atoms with Gasteiger partial charge in [-0.25, -0.2) is 0 Å². The number of anilines is 1. The third-order valence-corrected chi connectivity index (χ3v) is 9.16. The van der Waals surface area contributed by atoms with Gasteiger partial charge in [-0.05, 0) is 81.7 Å². The molecule has 3 aliphatic rings. The summed E-state index contributed by atoms with van der Waals surface area (Å²) < 4.78 is 45.2. The molecular weight excluding hydrogens is 523 g/mol. The summed E-state index contributed by atoms with van der Waals surface area (Å²) >= 11 is 0. The lowest BCUT2D eigenvalue weighted by Crippen LogP contribution is -2.46. The van der Waals surface area contributed by atoms with Crippen molar-refractivity contribution in [3.05, 3.63) is 40.6 Å². The van der Waals surface area contributed by atoms with Crippen molar-refractivity contribution >= 4 is 23.5 Å². The van der Waals surface area contributed by atoms with Crippen LogP contribution in [0, 0.1) is 18.8 Å². The number of halogens is 3. The molecule has 2 saturated carbocycles. The van der Waals surface area contributed by atoms with E-state index in [1.807, 2.05) is 4.57 Å². The Kier molecular flexibility index (Phi) is 7.03. The molecule has 7 nitrogen and oxygen atoms in total. The van der Waals surface area contributed by atoms with Crippen LogP contribution in [-0.4, -0.2) is 40.5 Å². The number of nitrogens with one attached hydrogen (secondary N) is 1. The second kappa shape index (κ2) is 9.96. The summed E-state index contributed by atoms with van der Waals surface area (Å²) in [5.74, 6) is -1.78. The zero-order chi connectivity index (χ0) is 29.1. The Hall–Kier alpha value is -3.30. The van der Waals surface area contributed by atoms with E-state index in [1.165, 1.54) is 7.05 Å². The van der Waals surface area contributed by atoms with Gasteiger partial charge < -0.3 is 19.9 Å². The summed E-state index contributed by atoms with van der Waals surface area (Å²) in [4.78, 5) is 38.6. The standard InChI is InChI=1S/C30H36F3N3O4/c1-16-21(26(37)34-20-10-19(11-20)27(38)39)14-24(36(16)15-17-8-6-5-7-9-17)18-12-22-25(23(13-18)30(31,32)33)35(4)28(40)29(22,2)3/h12-14,17,19-20H,5-11,15H2,1-4H3,(H,34,37)(H,38,39)/t19-,20-. The number of nitrogens with zero attached hydrogens (tertiary/aromatic N) is 2. The molecule has 2 aliphatic carbocycles. The first-order chi connectivity index (χ1) is 18.7. The zero-order valence-corrected chi connectivity index (χ0v) is 23.3. The summed E-state index contributed by atoms with van der Waals surface area (Å²) in [6.45, 7) is 5.66. The maximum atomic E-state index is 14.4. The number of rotatable bonds is 6. The fraction of sp³-hybridized carbons (Fsp3) is 0.567. The van der Waals surface area contributed by atoms with Crippen LogP contribution >= 0.6 is 0 Å². The lowest BCUT2D eigenvalue weighted by molar-refractivity contribution is -0.145. The fourth-order valence-electron chi connectivity index (χ4n) is 6.65. The van der Waals surface area contributed by atoms with Gasteiger partial charge in [-0.15, -0.1) is 0 Å². The molecule has 2 fully saturated rings. The van der Waals surface area contributed by atoms with Crippen LogP contribution in [0.2, 0.25) is 0 Å². The molecule has 1 aromatic carbocycles. The quantitative estimate of drug-likeness (QED) is 0.460. The fourth-order valence-corrected chi connectivity index (χ4v) is 6.65. The van der Waals surface area contributed by atoms with Gasteiger partial charge >= 0.3 is 12.1 Å². The second-order valence-corrected chi connectivity index (χ2v) is 12.2. The Balaban J connectivity index is 1.60. The molecular formula is C30H36F3N3O4. The third kappa shape index (κ3) is 4.79. The lowest BCUT2D eigenvalue weighted by atomic mass is 9.80. The number of benzene rings is 1. The molecule has 10 heteroatoms. The van der Waals surface area contributed by atoms with Gasteiger partial charge in [0.15, 0.2) is 0 Å². The normalized spacial score (nSPS) is 22.7. The van der Waals surface area contributed by atoms with Gasteiger partial charge in [0.25, 0.3) is 5.91 Å². The number of carbonyl (C=O) groups excluding carboxylic acids is 2. The van der Waals surface area contributed by atoms with E-state index in [2.05, 4.69) is 5.32 Å². The number of carbonyl (C=O) groups is 3. The van der Waals surface area contributed by atoms with Gasteiger partial charge in [0.1, 0.15) is 0 Å². The summed E-state index contributed by atoms with van der Waals surface area (Å²) in [6, 6.07) is 4.16. The predicted molar refractivity (Wildman–Crippen MR) is 144 cm³/mol. The van der Waals surface area contributed by atoms with E-state index < -0.39 is 34.9 Å². The van der Waals surface area contributed by atoms with Crippen molar-refractivity contribution in [2.75, 3.05) is 11.9 Å². The van der Waals surface area contributed by atoms with Crippen LogP contribution < -0.4 is 10.2 Å². The molecule has 1 aliphatic heterocycles. The second-order valence-electron chi connectivity index (χ2n) is 12.2. The van der Waals surface area contributed by atoms with Crippen molar-refractivity contribution in [2.45, 2.75) is 89.9 Å². The molecule has 1 aromatic heterocycles. The number of aromatic nitrogens is 1. The van der Waals surface area contributed by atoms with E-state index in [0.717, 1.165) is 43.1 Å². The number of hydrogen-bond donors (Lipinski definition) is 2. The van der Waals surface area contributed by atoms with Crippen molar-refractivity contribution < 1.29 is 32.7 Å². The summed E-state index contributed by atoms with van der Waals surface area (Å²) in [5, 5.41) is 12.1. The van der Waals surface area contributed by atoms with E-state index in [4.69, 9.17) is 5.11 Å². The smallest absolute Gasteiger partial charge is 0.418 e. The summed E-state index contributed by atoms with van der Waals surface area (Å²) in [6.07, 6.45) is 1.41. The number of carboxylic acid groups (broad SMARTS) is 1. The monoisotopic (exact) mass is 559 g/mol. The topological polar surface area (TPSA) is 91.6 Å². The first-order valence-electron chi connectivity index (χ1n) is 14.0. The summed E-state index contributed by atoms with van der Waals surface area (Å²) in [5.41, 5.74) is 0.0362.